The lowest BCUT2D eigenvalue weighted by atomic mass is 10.0. The minimum Gasteiger partial charge on any atom is -0.480 e. The van der Waals surface area contributed by atoms with Gasteiger partial charge in [0.2, 0.25) is 0 Å². The molecule has 0 aliphatic heterocycles. The molecule has 0 heterocycles. The Morgan fingerprint density at radius 1 is 1.20 bits per heavy atom. The number of rotatable bonds is 8. The number of nitrogens with two attached hydrogens (primary N) is 1. The molecular formula is C18H20N4O3. The second kappa shape index (κ2) is 8.07. The van der Waals surface area contributed by atoms with Crippen molar-refractivity contribution in [2.24, 2.45) is 5.73 Å². The molecular weight excluding hydrogens is 320 g/mol. The number of nitrogens with one attached hydrogen (secondary N) is 2. The van der Waals surface area contributed by atoms with Crippen molar-refractivity contribution < 1.29 is 14.7 Å². The Kier molecular flexibility index (Phi) is 5.86. The van der Waals surface area contributed by atoms with Crippen LogP contribution in [0.3, 0.4) is 0 Å². The van der Waals surface area contributed by atoms with Crippen LogP contribution >= 0.6 is 0 Å². The van der Waals surface area contributed by atoms with Gasteiger partial charge < -0.3 is 15.7 Å². The zero-order chi connectivity index (χ0) is 18.4. The highest BCUT2D eigenvalue weighted by molar-refractivity contribution is 5.95. The van der Waals surface area contributed by atoms with Crippen molar-refractivity contribution in [3.63, 3.8) is 0 Å². The summed E-state index contributed by atoms with van der Waals surface area (Å²) in [6, 6.07) is 14.9. The third-order valence-electron chi connectivity index (χ3n) is 3.81. The molecule has 0 spiro atoms. The molecule has 25 heavy (non-hydrogen) atoms. The Bertz CT molecular complexity index is 757. The lowest BCUT2D eigenvalue weighted by Crippen LogP contribution is -2.46. The number of amidine groups is 1. The van der Waals surface area contributed by atoms with Crippen LogP contribution in [0.4, 0.5) is 5.69 Å². The molecule has 2 aromatic rings. The average Bonchev–Trinajstić information content (AvgIpc) is 2.62. The average molecular weight is 340 g/mol. The van der Waals surface area contributed by atoms with Crippen molar-refractivity contribution in [2.75, 3.05) is 18.5 Å². The lowest BCUT2D eigenvalue weighted by molar-refractivity contribution is -0.136. The fourth-order valence-corrected chi connectivity index (χ4v) is 2.36. The fraction of sp³-hybridized carbons (Fsp3) is 0.167. The third kappa shape index (κ3) is 4.65. The number of hydrogen-bond acceptors (Lipinski definition) is 5. The molecule has 0 bridgehead atoms. The van der Waals surface area contributed by atoms with Crippen LogP contribution in [0.1, 0.15) is 5.56 Å². The summed E-state index contributed by atoms with van der Waals surface area (Å²) in [5, 5.41) is 18.8. The van der Waals surface area contributed by atoms with Gasteiger partial charge in [-0.05, 0) is 23.3 Å². The number of anilines is 1. The zero-order valence-corrected chi connectivity index (χ0v) is 13.8. The van der Waals surface area contributed by atoms with Gasteiger partial charge in [-0.25, -0.2) is 0 Å². The van der Waals surface area contributed by atoms with E-state index in [1.54, 1.807) is 24.1 Å². The van der Waals surface area contributed by atoms with E-state index >= 15 is 0 Å². The van der Waals surface area contributed by atoms with E-state index in [9.17, 15) is 9.59 Å². The van der Waals surface area contributed by atoms with Gasteiger partial charge in [0.25, 0.3) is 0 Å². The second-order valence-electron chi connectivity index (χ2n) is 5.50. The summed E-state index contributed by atoms with van der Waals surface area (Å²) in [6.45, 7) is -0.297. The smallest absolute Gasteiger partial charge is 0.317 e. The van der Waals surface area contributed by atoms with Crippen LogP contribution in [0.15, 0.2) is 48.5 Å². The van der Waals surface area contributed by atoms with E-state index in [1.807, 2.05) is 36.4 Å². The summed E-state index contributed by atoms with van der Waals surface area (Å²) in [6.07, 6.45) is -0.0612. The van der Waals surface area contributed by atoms with Gasteiger partial charge in [-0.15, -0.1) is 0 Å². The van der Waals surface area contributed by atoms with Crippen LogP contribution in [0.25, 0.3) is 11.1 Å². The number of carbonyl (C=O) groups excluding carboxylic acids is 1. The summed E-state index contributed by atoms with van der Waals surface area (Å²) >= 11 is 0. The Morgan fingerprint density at radius 3 is 2.16 bits per heavy atom. The standard InChI is InChI=1S/C18H20N4O3/c1-22(16(11-23)21-10-17(24)25)15-8-6-13(7-9-15)12-2-4-14(5-3-12)18(19)20/h2-9,11,16,21H,10H2,1H3,(H3,19,20)(H,24,25). The van der Waals surface area contributed by atoms with Gasteiger partial charge in [-0.1, -0.05) is 36.4 Å². The van der Waals surface area contributed by atoms with Crippen molar-refractivity contribution in [2.45, 2.75) is 6.17 Å². The van der Waals surface area contributed by atoms with Gasteiger partial charge in [0.05, 0.1) is 6.54 Å². The number of benzene rings is 2. The maximum atomic E-state index is 11.2. The number of nitrogens with zero attached hydrogens (tertiary/aromatic N) is 1. The van der Waals surface area contributed by atoms with Crippen molar-refractivity contribution in [1.29, 1.82) is 5.41 Å². The Morgan fingerprint density at radius 2 is 1.72 bits per heavy atom. The molecule has 0 radical (unpaired) electrons. The maximum Gasteiger partial charge on any atom is 0.317 e. The van der Waals surface area contributed by atoms with Gasteiger partial charge in [0, 0.05) is 18.3 Å². The first-order valence-electron chi connectivity index (χ1n) is 7.60. The van der Waals surface area contributed by atoms with E-state index in [0.717, 1.165) is 16.8 Å². The largest absolute Gasteiger partial charge is 0.480 e. The molecule has 0 saturated heterocycles. The molecule has 2 rings (SSSR count). The fourth-order valence-electron chi connectivity index (χ4n) is 2.36. The first kappa shape index (κ1) is 18.2. The van der Waals surface area contributed by atoms with Crippen molar-refractivity contribution in [3.05, 3.63) is 54.1 Å². The highest BCUT2D eigenvalue weighted by Gasteiger charge is 2.15. The molecule has 5 N–H and O–H groups in total. The Hall–Kier alpha value is -3.19. The highest BCUT2D eigenvalue weighted by atomic mass is 16.4. The van der Waals surface area contributed by atoms with Gasteiger partial charge in [-0.2, -0.15) is 0 Å². The number of nitrogen functional groups attached to an aromatic ring is 1. The topological polar surface area (TPSA) is 120 Å². The summed E-state index contributed by atoms with van der Waals surface area (Å²) < 4.78 is 0. The van der Waals surface area contributed by atoms with E-state index in [1.165, 1.54) is 0 Å². The SMILES string of the molecule is CN(c1ccc(-c2ccc(C(=N)N)cc2)cc1)C(C=O)NCC(=O)O. The zero-order valence-electron chi connectivity index (χ0n) is 13.8. The molecule has 0 saturated carbocycles. The van der Waals surface area contributed by atoms with E-state index < -0.39 is 12.1 Å². The van der Waals surface area contributed by atoms with E-state index in [0.29, 0.717) is 11.8 Å². The van der Waals surface area contributed by atoms with Crippen LogP contribution in [0, 0.1) is 5.41 Å². The minimum atomic E-state index is -1.02. The number of aldehydes is 1. The first-order valence-corrected chi connectivity index (χ1v) is 7.60. The van der Waals surface area contributed by atoms with Crippen LogP contribution in [0.2, 0.25) is 0 Å². The Labute approximate surface area is 145 Å². The third-order valence-corrected chi connectivity index (χ3v) is 3.81. The monoisotopic (exact) mass is 340 g/mol. The van der Waals surface area contributed by atoms with Crippen molar-refractivity contribution in [1.82, 2.24) is 5.32 Å². The van der Waals surface area contributed by atoms with Gasteiger partial charge in [0.15, 0.2) is 6.29 Å². The molecule has 1 atom stereocenters. The number of hydrogen-bond donors (Lipinski definition) is 4. The highest BCUT2D eigenvalue weighted by Crippen LogP contribution is 2.23. The molecule has 7 heteroatoms. The quantitative estimate of drug-likeness (QED) is 0.249. The van der Waals surface area contributed by atoms with Crippen LogP contribution in [-0.4, -0.2) is 43.0 Å². The summed E-state index contributed by atoms with van der Waals surface area (Å²) in [5.74, 6) is -0.998. The van der Waals surface area contributed by atoms with Gasteiger partial charge in [0.1, 0.15) is 12.0 Å². The predicted octanol–water partition coefficient (Wildman–Crippen LogP) is 1.27. The molecule has 2 aromatic carbocycles. The summed E-state index contributed by atoms with van der Waals surface area (Å²) in [7, 11) is 1.71. The number of aliphatic carboxylic acids is 1. The van der Waals surface area contributed by atoms with E-state index in [-0.39, 0.29) is 12.4 Å². The minimum absolute atomic E-state index is 0.0253. The van der Waals surface area contributed by atoms with Gasteiger partial charge >= 0.3 is 5.97 Å². The van der Waals surface area contributed by atoms with Crippen LogP contribution in [-0.2, 0) is 9.59 Å². The normalized spacial score (nSPS) is 11.6. The molecule has 0 fully saturated rings. The van der Waals surface area contributed by atoms with Crippen molar-refractivity contribution in [3.8, 4) is 11.1 Å². The Balaban J connectivity index is 2.13. The molecule has 1 unspecified atom stereocenters. The summed E-state index contributed by atoms with van der Waals surface area (Å²) in [4.78, 5) is 23.5. The number of carboxylic acid groups (broad SMARTS) is 1. The lowest BCUT2D eigenvalue weighted by Gasteiger charge is -2.26. The molecule has 0 aliphatic rings. The first-order chi connectivity index (χ1) is 11.9. The van der Waals surface area contributed by atoms with Gasteiger partial charge in [-0.3, -0.25) is 20.3 Å². The van der Waals surface area contributed by atoms with E-state index in [2.05, 4.69) is 5.32 Å². The maximum absolute atomic E-state index is 11.2. The predicted molar refractivity (Wildman–Crippen MR) is 96.8 cm³/mol. The molecule has 7 nitrogen and oxygen atoms in total. The molecule has 130 valence electrons. The second-order valence-corrected chi connectivity index (χ2v) is 5.50. The number of carboxylic acids is 1. The molecule has 0 aromatic heterocycles. The number of likely N-dealkylation sites (N-methyl/N-ethyl adjacent to an activating group) is 1. The van der Waals surface area contributed by atoms with Crippen LogP contribution < -0.4 is 16.0 Å². The van der Waals surface area contributed by atoms with E-state index in [4.69, 9.17) is 16.2 Å². The molecule has 0 aliphatic carbocycles. The van der Waals surface area contributed by atoms with Crippen molar-refractivity contribution >= 4 is 23.8 Å². The molecule has 0 amide bonds. The summed E-state index contributed by atoms with van der Waals surface area (Å²) in [5.41, 5.74) is 8.85. The number of carbonyl (C=O) groups is 2. The van der Waals surface area contributed by atoms with Crippen LogP contribution in [0.5, 0.6) is 0 Å².